The van der Waals surface area contributed by atoms with E-state index in [4.69, 9.17) is 0 Å². The normalized spacial score (nSPS) is 13.5. The highest BCUT2D eigenvalue weighted by molar-refractivity contribution is 6.70. The molecule has 0 aromatic carbocycles. The molecule has 0 rings (SSSR count). The van der Waals surface area contributed by atoms with Gasteiger partial charge in [0.05, 0.1) is 0 Å². The number of halogens is 3. The van der Waals surface area contributed by atoms with Gasteiger partial charge < -0.3 is 4.11 Å². The van der Waals surface area contributed by atoms with Crippen molar-refractivity contribution in [1.82, 2.24) is 0 Å². The topological polar surface area (TPSA) is 0 Å². The molecule has 0 aliphatic heterocycles. The minimum Gasteiger partial charge on any atom is -0.314 e. The van der Waals surface area contributed by atoms with Crippen LogP contribution in [0.4, 0.5) is 12.9 Å². The van der Waals surface area contributed by atoms with Crippen molar-refractivity contribution in [3.05, 3.63) is 0 Å². The molecule has 0 aliphatic rings. The van der Waals surface area contributed by atoms with E-state index < -0.39 is 24.0 Å². The minimum atomic E-state index is -2.41. The van der Waals surface area contributed by atoms with Crippen LogP contribution in [-0.2, 0) is 0 Å². The van der Waals surface area contributed by atoms with Gasteiger partial charge in [0.15, 0.2) is 0 Å². The van der Waals surface area contributed by atoms with E-state index in [2.05, 4.69) is 0 Å². The summed E-state index contributed by atoms with van der Waals surface area (Å²) in [5.41, 5.74) is 0. The molecule has 12 heavy (non-hydrogen) atoms. The zero-order valence-electron chi connectivity index (χ0n) is 7.75. The van der Waals surface area contributed by atoms with Gasteiger partial charge in [0, 0.05) is 0 Å². The molecule has 0 unspecified atom stereocenters. The lowest BCUT2D eigenvalue weighted by Gasteiger charge is -2.09. The van der Waals surface area contributed by atoms with E-state index in [1.807, 2.05) is 0 Å². The Hall–Kier alpha value is 0.224. The summed E-state index contributed by atoms with van der Waals surface area (Å²) in [5, 5.41) is 0. The van der Waals surface area contributed by atoms with Crippen LogP contribution in [-0.4, -0.2) is 24.0 Å². The summed E-state index contributed by atoms with van der Waals surface area (Å²) in [4.78, 5) is 0. The third-order valence-electron chi connectivity index (χ3n) is 1.69. The molecule has 0 amide bonds. The van der Waals surface area contributed by atoms with Crippen molar-refractivity contribution >= 4 is 17.9 Å². The lowest BCUT2D eigenvalue weighted by Crippen LogP contribution is -2.17. The zero-order chi connectivity index (χ0) is 9.61. The first-order valence-corrected chi connectivity index (χ1v) is 9.29. The molecule has 0 saturated carbocycles. The highest BCUT2D eigenvalue weighted by atomic mass is 28.4. The number of unbranched alkanes of at least 4 members (excludes halogenated alkanes) is 1. The molecule has 0 bridgehead atoms. The fraction of sp³-hybridized carbons (Fsp3) is 1.00. The Morgan fingerprint density at radius 3 is 2.25 bits per heavy atom. The maximum atomic E-state index is 13.0. The van der Waals surface area contributed by atoms with Crippen molar-refractivity contribution in [3.63, 3.8) is 0 Å². The second-order valence-corrected chi connectivity index (χ2v) is 9.55. The summed E-state index contributed by atoms with van der Waals surface area (Å²) in [5.74, 6) is 0. The van der Waals surface area contributed by atoms with E-state index >= 15 is 0 Å². The lowest BCUT2D eigenvalue weighted by atomic mass is 10.4. The van der Waals surface area contributed by atoms with Gasteiger partial charge in [0.25, 0.3) is 0 Å². The Kier molecular flexibility index (Phi) is 5.91. The molecular formula is C7H17F3Si2. The number of hydrogen-bond donors (Lipinski definition) is 0. The molecule has 0 heterocycles. The van der Waals surface area contributed by atoms with Crippen molar-refractivity contribution in [3.8, 4) is 0 Å². The van der Waals surface area contributed by atoms with Crippen LogP contribution in [0.5, 0.6) is 0 Å². The van der Waals surface area contributed by atoms with Crippen molar-refractivity contribution in [2.45, 2.75) is 44.1 Å². The Labute approximate surface area is 75.6 Å². The molecule has 0 aromatic heterocycles. The Bertz CT molecular complexity index is 112. The van der Waals surface area contributed by atoms with Crippen molar-refractivity contribution < 1.29 is 12.9 Å². The monoisotopic (exact) mass is 214 g/mol. The molecule has 0 fully saturated rings. The Balaban J connectivity index is 3.12. The molecule has 0 aliphatic carbocycles. The minimum absolute atomic E-state index is 0.630. The van der Waals surface area contributed by atoms with E-state index in [1.165, 1.54) is 0 Å². The summed E-state index contributed by atoms with van der Waals surface area (Å²) in [7, 11) is -3.56. The summed E-state index contributed by atoms with van der Waals surface area (Å²) < 4.78 is 36.4. The molecular weight excluding hydrogens is 197 g/mol. The first kappa shape index (κ1) is 12.2. The molecule has 0 nitrogen and oxygen atoms in total. The average Bonchev–Trinajstić information content (AvgIpc) is 1.83. The fourth-order valence-corrected chi connectivity index (χ4v) is 3.06. The van der Waals surface area contributed by atoms with E-state index in [-0.39, 0.29) is 0 Å². The first-order chi connectivity index (χ1) is 5.42. The third-order valence-corrected chi connectivity index (χ3v) is 4.58. The quantitative estimate of drug-likeness (QED) is 0.362. The molecule has 5 heteroatoms. The smallest absolute Gasteiger partial charge is 0.240 e. The van der Waals surface area contributed by atoms with Gasteiger partial charge in [-0.25, -0.2) is 8.78 Å². The van der Waals surface area contributed by atoms with Crippen LogP contribution in [0.2, 0.25) is 25.2 Å². The van der Waals surface area contributed by atoms with E-state index in [1.54, 1.807) is 13.1 Å². The SMILES string of the molecule is C[Si](C)(F)CCCC[SiH2]C(F)F. The molecule has 0 saturated heterocycles. The van der Waals surface area contributed by atoms with Gasteiger partial charge in [0.1, 0.15) is 9.52 Å². The molecule has 0 radical (unpaired) electrons. The first-order valence-electron chi connectivity index (χ1n) is 4.39. The van der Waals surface area contributed by atoms with Gasteiger partial charge in [-0.05, 0) is 19.1 Å². The lowest BCUT2D eigenvalue weighted by molar-refractivity contribution is 0.237. The van der Waals surface area contributed by atoms with Crippen LogP contribution in [0.3, 0.4) is 0 Å². The van der Waals surface area contributed by atoms with Crippen LogP contribution in [0.25, 0.3) is 0 Å². The van der Waals surface area contributed by atoms with E-state index in [0.29, 0.717) is 12.1 Å². The average molecular weight is 214 g/mol. The predicted molar refractivity (Wildman–Crippen MR) is 52.0 cm³/mol. The maximum Gasteiger partial charge on any atom is 0.240 e. The number of hydrogen-bond acceptors (Lipinski definition) is 0. The van der Waals surface area contributed by atoms with Gasteiger partial charge in [-0.1, -0.05) is 18.9 Å². The highest BCUT2D eigenvalue weighted by Gasteiger charge is 2.18. The number of alkyl halides is 2. The standard InChI is InChI=1S/C7H17F3Si2/c1-12(2,10)6-4-3-5-11-7(8)9/h7H,3-6,11H2,1-2H3. The van der Waals surface area contributed by atoms with Gasteiger partial charge in [-0.2, -0.15) is 0 Å². The second-order valence-electron chi connectivity index (χ2n) is 3.71. The van der Waals surface area contributed by atoms with Gasteiger partial charge >= 0.3 is 0 Å². The molecule has 0 aromatic rings. The summed E-state index contributed by atoms with van der Waals surface area (Å²) in [6, 6.07) is -0.757. The van der Waals surface area contributed by atoms with Gasteiger partial charge in [-0.3, -0.25) is 0 Å². The van der Waals surface area contributed by atoms with Crippen LogP contribution in [0.1, 0.15) is 12.8 Å². The molecule has 74 valence electrons. The number of rotatable bonds is 6. The summed E-state index contributed by atoms with van der Waals surface area (Å²) >= 11 is 0. The molecule has 0 atom stereocenters. The van der Waals surface area contributed by atoms with Crippen LogP contribution >= 0.6 is 0 Å². The van der Waals surface area contributed by atoms with Crippen molar-refractivity contribution in [2.24, 2.45) is 0 Å². The second kappa shape index (κ2) is 5.80. The van der Waals surface area contributed by atoms with Gasteiger partial charge in [-0.15, -0.1) is 0 Å². The molecule has 0 N–H and O–H groups in total. The Morgan fingerprint density at radius 1 is 1.25 bits per heavy atom. The Morgan fingerprint density at radius 2 is 1.83 bits per heavy atom. The van der Waals surface area contributed by atoms with E-state index in [0.717, 1.165) is 12.8 Å². The van der Waals surface area contributed by atoms with Crippen molar-refractivity contribution in [2.75, 3.05) is 0 Å². The van der Waals surface area contributed by atoms with Crippen LogP contribution < -0.4 is 0 Å². The van der Waals surface area contributed by atoms with Crippen LogP contribution in [0.15, 0.2) is 0 Å². The summed E-state index contributed by atoms with van der Waals surface area (Å²) in [6.45, 7) is 3.33. The fourth-order valence-electron chi connectivity index (χ4n) is 1.02. The van der Waals surface area contributed by atoms with E-state index in [9.17, 15) is 12.9 Å². The summed E-state index contributed by atoms with van der Waals surface area (Å²) in [6.07, 6.45) is 1.60. The predicted octanol–water partition coefficient (Wildman–Crippen LogP) is 2.75. The highest BCUT2D eigenvalue weighted by Crippen LogP contribution is 2.15. The zero-order valence-corrected chi connectivity index (χ0v) is 10.2. The maximum absolute atomic E-state index is 13.0. The third kappa shape index (κ3) is 10.2. The largest absolute Gasteiger partial charge is 0.314 e. The van der Waals surface area contributed by atoms with Crippen molar-refractivity contribution in [1.29, 1.82) is 0 Å². The van der Waals surface area contributed by atoms with Crippen LogP contribution in [0, 0.1) is 0 Å². The van der Waals surface area contributed by atoms with Gasteiger partial charge in [0.2, 0.25) is 14.5 Å². The molecule has 0 spiro atoms.